The van der Waals surface area contributed by atoms with Crippen molar-refractivity contribution in [2.24, 2.45) is 0 Å². The molecule has 3 rings (SSSR count). The second-order valence-corrected chi connectivity index (χ2v) is 6.46. The van der Waals surface area contributed by atoms with Crippen molar-refractivity contribution in [2.75, 3.05) is 26.7 Å². The van der Waals surface area contributed by atoms with Crippen molar-refractivity contribution in [3.63, 3.8) is 0 Å². The number of hydrogen-bond donors (Lipinski definition) is 1. The molecule has 0 spiro atoms. The zero-order chi connectivity index (χ0) is 17.5. The monoisotopic (exact) mass is 338 g/mol. The van der Waals surface area contributed by atoms with Crippen molar-refractivity contribution in [1.29, 1.82) is 0 Å². The van der Waals surface area contributed by atoms with Crippen molar-refractivity contribution in [1.82, 2.24) is 10.2 Å². The molecule has 1 aliphatic rings. The molecule has 0 radical (unpaired) electrons. The summed E-state index contributed by atoms with van der Waals surface area (Å²) in [5.41, 5.74) is 1.92. The van der Waals surface area contributed by atoms with Crippen molar-refractivity contribution in [2.45, 2.75) is 25.3 Å². The molecule has 1 unspecified atom stereocenters. The first-order chi connectivity index (χ1) is 12.3. The summed E-state index contributed by atoms with van der Waals surface area (Å²) in [6.07, 6.45) is 3.74. The lowest BCUT2D eigenvalue weighted by atomic mass is 10.0. The number of ether oxygens (including phenoxy) is 1. The SMILES string of the molecule is COc1ccc(C(CNC(=O)c2ccccc2)N2CCCCC2)cc1. The maximum atomic E-state index is 12.4. The van der Waals surface area contributed by atoms with Crippen LogP contribution in [0.2, 0.25) is 0 Å². The summed E-state index contributed by atoms with van der Waals surface area (Å²) in [4.78, 5) is 14.9. The number of piperidine rings is 1. The molecule has 0 aromatic heterocycles. The van der Waals surface area contributed by atoms with Crippen molar-refractivity contribution < 1.29 is 9.53 Å². The fourth-order valence-corrected chi connectivity index (χ4v) is 3.39. The summed E-state index contributed by atoms with van der Waals surface area (Å²) in [6.45, 7) is 2.77. The van der Waals surface area contributed by atoms with Crippen LogP contribution in [-0.2, 0) is 0 Å². The van der Waals surface area contributed by atoms with E-state index in [0.717, 1.165) is 18.8 Å². The molecule has 1 fully saturated rings. The van der Waals surface area contributed by atoms with E-state index in [1.807, 2.05) is 42.5 Å². The van der Waals surface area contributed by atoms with Crippen molar-refractivity contribution in [3.8, 4) is 5.75 Å². The zero-order valence-electron chi connectivity index (χ0n) is 14.8. The Morgan fingerprint density at radius 2 is 1.72 bits per heavy atom. The third-order valence-corrected chi connectivity index (χ3v) is 4.82. The largest absolute Gasteiger partial charge is 0.497 e. The number of amides is 1. The molecule has 1 N–H and O–H groups in total. The molecular weight excluding hydrogens is 312 g/mol. The van der Waals surface area contributed by atoms with E-state index in [9.17, 15) is 4.79 Å². The molecule has 4 nitrogen and oxygen atoms in total. The zero-order valence-corrected chi connectivity index (χ0v) is 14.8. The van der Waals surface area contributed by atoms with Crippen LogP contribution in [0.1, 0.15) is 41.2 Å². The summed E-state index contributed by atoms with van der Waals surface area (Å²) < 4.78 is 5.27. The predicted octanol–water partition coefficient (Wildman–Crippen LogP) is 3.65. The topological polar surface area (TPSA) is 41.6 Å². The number of hydrogen-bond acceptors (Lipinski definition) is 3. The number of likely N-dealkylation sites (tertiary alicyclic amines) is 1. The van der Waals surface area contributed by atoms with Crippen LogP contribution >= 0.6 is 0 Å². The molecule has 1 heterocycles. The van der Waals surface area contributed by atoms with Gasteiger partial charge in [-0.15, -0.1) is 0 Å². The van der Waals surface area contributed by atoms with E-state index in [-0.39, 0.29) is 11.9 Å². The molecule has 2 aromatic rings. The van der Waals surface area contributed by atoms with Crippen LogP contribution in [0, 0.1) is 0 Å². The molecule has 2 aromatic carbocycles. The van der Waals surface area contributed by atoms with Gasteiger partial charge in [0.25, 0.3) is 5.91 Å². The molecule has 1 aliphatic heterocycles. The van der Waals surface area contributed by atoms with Crippen LogP contribution in [-0.4, -0.2) is 37.6 Å². The molecule has 1 atom stereocenters. The fourth-order valence-electron chi connectivity index (χ4n) is 3.39. The average Bonchev–Trinajstić information content (AvgIpc) is 2.70. The number of carbonyl (C=O) groups is 1. The second kappa shape index (κ2) is 8.67. The number of methoxy groups -OCH3 is 1. The fraction of sp³-hybridized carbons (Fsp3) is 0.381. The first-order valence-corrected chi connectivity index (χ1v) is 8.99. The molecule has 1 saturated heterocycles. The summed E-state index contributed by atoms with van der Waals surface area (Å²) in [5.74, 6) is 0.839. The summed E-state index contributed by atoms with van der Waals surface area (Å²) >= 11 is 0. The Labute approximate surface area is 149 Å². The molecular formula is C21H26N2O2. The minimum absolute atomic E-state index is 0.0175. The second-order valence-electron chi connectivity index (χ2n) is 6.46. The molecule has 0 saturated carbocycles. The highest BCUT2D eigenvalue weighted by Crippen LogP contribution is 2.26. The number of nitrogens with one attached hydrogen (secondary N) is 1. The quantitative estimate of drug-likeness (QED) is 0.874. The third kappa shape index (κ3) is 4.60. The lowest BCUT2D eigenvalue weighted by Gasteiger charge is -2.35. The first-order valence-electron chi connectivity index (χ1n) is 8.99. The minimum Gasteiger partial charge on any atom is -0.497 e. The van der Waals surface area contributed by atoms with Gasteiger partial charge in [0.15, 0.2) is 0 Å². The van der Waals surface area contributed by atoms with Gasteiger partial charge in [-0.2, -0.15) is 0 Å². The number of carbonyl (C=O) groups excluding carboxylic acids is 1. The van der Waals surface area contributed by atoms with Gasteiger partial charge in [-0.1, -0.05) is 36.8 Å². The van der Waals surface area contributed by atoms with Gasteiger partial charge in [-0.25, -0.2) is 0 Å². The van der Waals surface area contributed by atoms with E-state index in [1.165, 1.54) is 24.8 Å². The van der Waals surface area contributed by atoms with Crippen LogP contribution in [0.4, 0.5) is 0 Å². The lowest BCUT2D eigenvalue weighted by Crippen LogP contribution is -2.40. The normalized spacial score (nSPS) is 16.2. The summed E-state index contributed by atoms with van der Waals surface area (Å²) in [5, 5.41) is 3.11. The van der Waals surface area contributed by atoms with Gasteiger partial charge in [0, 0.05) is 12.1 Å². The van der Waals surface area contributed by atoms with Crippen LogP contribution in [0.3, 0.4) is 0 Å². The molecule has 25 heavy (non-hydrogen) atoms. The van der Waals surface area contributed by atoms with Gasteiger partial charge in [0.05, 0.1) is 13.2 Å². The Bertz CT molecular complexity index is 664. The average molecular weight is 338 g/mol. The smallest absolute Gasteiger partial charge is 0.251 e. The van der Waals surface area contributed by atoms with Gasteiger partial charge in [0.1, 0.15) is 5.75 Å². The van der Waals surface area contributed by atoms with E-state index >= 15 is 0 Å². The molecule has 0 bridgehead atoms. The van der Waals surface area contributed by atoms with E-state index in [0.29, 0.717) is 12.1 Å². The Balaban J connectivity index is 1.72. The van der Waals surface area contributed by atoms with Gasteiger partial charge in [0.2, 0.25) is 0 Å². The van der Waals surface area contributed by atoms with Crippen molar-refractivity contribution >= 4 is 5.91 Å². The van der Waals surface area contributed by atoms with Gasteiger partial charge >= 0.3 is 0 Å². The first kappa shape index (κ1) is 17.5. The summed E-state index contributed by atoms with van der Waals surface area (Å²) in [7, 11) is 1.68. The summed E-state index contributed by atoms with van der Waals surface area (Å²) in [6, 6.07) is 17.8. The molecule has 132 valence electrons. The molecule has 4 heteroatoms. The van der Waals surface area contributed by atoms with Crippen molar-refractivity contribution in [3.05, 3.63) is 65.7 Å². The standard InChI is InChI=1S/C21H26N2O2/c1-25-19-12-10-17(11-13-19)20(23-14-6-3-7-15-23)16-22-21(24)18-8-4-2-5-9-18/h2,4-5,8-13,20H,3,6-7,14-16H2,1H3,(H,22,24). The van der Waals surface area contributed by atoms with E-state index in [1.54, 1.807) is 7.11 Å². The highest BCUT2D eigenvalue weighted by molar-refractivity contribution is 5.94. The van der Waals surface area contributed by atoms with Crippen LogP contribution in [0.5, 0.6) is 5.75 Å². The number of rotatable bonds is 6. The maximum Gasteiger partial charge on any atom is 0.251 e. The van der Waals surface area contributed by atoms with E-state index in [2.05, 4.69) is 22.3 Å². The lowest BCUT2D eigenvalue weighted by molar-refractivity contribution is 0.0924. The predicted molar refractivity (Wildman–Crippen MR) is 99.9 cm³/mol. The minimum atomic E-state index is -0.0175. The number of benzene rings is 2. The third-order valence-electron chi connectivity index (χ3n) is 4.82. The number of nitrogens with zero attached hydrogens (tertiary/aromatic N) is 1. The van der Waals surface area contributed by atoms with Crippen LogP contribution in [0.25, 0.3) is 0 Å². The Kier molecular flexibility index (Phi) is 6.07. The van der Waals surface area contributed by atoms with Crippen LogP contribution in [0.15, 0.2) is 54.6 Å². The van der Waals surface area contributed by atoms with Crippen LogP contribution < -0.4 is 10.1 Å². The van der Waals surface area contributed by atoms with E-state index in [4.69, 9.17) is 4.74 Å². The Morgan fingerprint density at radius 3 is 2.36 bits per heavy atom. The molecule has 1 amide bonds. The van der Waals surface area contributed by atoms with E-state index < -0.39 is 0 Å². The Hall–Kier alpha value is -2.33. The highest BCUT2D eigenvalue weighted by atomic mass is 16.5. The van der Waals surface area contributed by atoms with Gasteiger partial charge < -0.3 is 10.1 Å². The molecule has 0 aliphatic carbocycles. The highest BCUT2D eigenvalue weighted by Gasteiger charge is 2.23. The van der Waals surface area contributed by atoms with Gasteiger partial charge in [-0.3, -0.25) is 9.69 Å². The Morgan fingerprint density at radius 1 is 1.04 bits per heavy atom. The van der Waals surface area contributed by atoms with Gasteiger partial charge in [-0.05, 0) is 55.8 Å². The maximum absolute atomic E-state index is 12.4.